The van der Waals surface area contributed by atoms with Crippen LogP contribution in [0.5, 0.6) is 0 Å². The molecule has 0 radical (unpaired) electrons. The third-order valence-electron chi connectivity index (χ3n) is 3.35. The number of piperidine rings is 1. The zero-order valence-corrected chi connectivity index (χ0v) is 9.64. The van der Waals surface area contributed by atoms with Crippen LogP contribution in [0.4, 0.5) is 0 Å². The minimum absolute atomic E-state index is 0.119. The van der Waals surface area contributed by atoms with Crippen LogP contribution in [-0.2, 0) is 4.79 Å². The van der Waals surface area contributed by atoms with Gasteiger partial charge in [-0.15, -0.1) is 6.58 Å². The van der Waals surface area contributed by atoms with Crippen LogP contribution in [0.1, 0.15) is 32.6 Å². The van der Waals surface area contributed by atoms with Gasteiger partial charge in [-0.25, -0.2) is 0 Å². The molecule has 0 atom stereocenters. The van der Waals surface area contributed by atoms with E-state index in [1.54, 1.807) is 0 Å². The van der Waals surface area contributed by atoms with E-state index in [0.29, 0.717) is 0 Å². The molecule has 0 unspecified atom stereocenters. The lowest BCUT2D eigenvalue weighted by atomic mass is 9.76. The van der Waals surface area contributed by atoms with Crippen molar-refractivity contribution in [3.63, 3.8) is 0 Å². The van der Waals surface area contributed by atoms with Crippen molar-refractivity contribution in [3.05, 3.63) is 12.7 Å². The number of hydrogen-bond donors (Lipinski definition) is 2. The van der Waals surface area contributed by atoms with Gasteiger partial charge in [0.1, 0.15) is 0 Å². The van der Waals surface area contributed by atoms with Gasteiger partial charge in [-0.2, -0.15) is 0 Å². The molecule has 0 aromatic rings. The maximum absolute atomic E-state index is 12.1. The third-order valence-corrected chi connectivity index (χ3v) is 3.35. The predicted octanol–water partition coefficient (Wildman–Crippen LogP) is 1.46. The monoisotopic (exact) mass is 210 g/mol. The molecule has 1 aliphatic heterocycles. The Labute approximate surface area is 92.3 Å². The number of hydrogen-bond acceptors (Lipinski definition) is 2. The van der Waals surface area contributed by atoms with Gasteiger partial charge in [-0.1, -0.05) is 13.0 Å². The molecule has 1 aliphatic rings. The Morgan fingerprint density at radius 3 is 2.73 bits per heavy atom. The molecule has 86 valence electrons. The average Bonchev–Trinajstić information content (AvgIpc) is 2.30. The first-order valence-corrected chi connectivity index (χ1v) is 5.85. The second-order valence-corrected chi connectivity index (χ2v) is 4.22. The topological polar surface area (TPSA) is 41.1 Å². The van der Waals surface area contributed by atoms with Crippen molar-refractivity contribution in [2.75, 3.05) is 19.6 Å². The molecule has 3 heteroatoms. The Morgan fingerprint density at radius 2 is 2.20 bits per heavy atom. The van der Waals surface area contributed by atoms with E-state index in [0.717, 1.165) is 45.3 Å². The van der Waals surface area contributed by atoms with Crippen LogP contribution in [0.2, 0.25) is 0 Å². The van der Waals surface area contributed by atoms with Gasteiger partial charge < -0.3 is 10.6 Å². The fraction of sp³-hybridized carbons (Fsp3) is 0.750. The zero-order chi connectivity index (χ0) is 11.1. The summed E-state index contributed by atoms with van der Waals surface area (Å²) in [6, 6.07) is 0. The van der Waals surface area contributed by atoms with Crippen LogP contribution in [0.15, 0.2) is 12.7 Å². The summed E-state index contributed by atoms with van der Waals surface area (Å²) in [5.41, 5.74) is -0.119. The molecule has 1 heterocycles. The second-order valence-electron chi connectivity index (χ2n) is 4.22. The average molecular weight is 210 g/mol. The van der Waals surface area contributed by atoms with E-state index in [1.165, 1.54) is 0 Å². The quantitative estimate of drug-likeness (QED) is 0.533. The first-order chi connectivity index (χ1) is 7.25. The minimum atomic E-state index is -0.119. The summed E-state index contributed by atoms with van der Waals surface area (Å²) in [6.45, 7) is 8.40. The van der Waals surface area contributed by atoms with Gasteiger partial charge in [0.2, 0.25) is 5.91 Å². The first kappa shape index (κ1) is 12.2. The molecule has 0 aliphatic carbocycles. The number of carbonyl (C=O) groups is 1. The van der Waals surface area contributed by atoms with E-state index in [9.17, 15) is 4.79 Å². The minimum Gasteiger partial charge on any atom is -0.355 e. The lowest BCUT2D eigenvalue weighted by Crippen LogP contribution is -2.47. The van der Waals surface area contributed by atoms with Crippen molar-refractivity contribution in [2.45, 2.75) is 32.6 Å². The zero-order valence-electron chi connectivity index (χ0n) is 9.64. The van der Waals surface area contributed by atoms with E-state index >= 15 is 0 Å². The van der Waals surface area contributed by atoms with Gasteiger partial charge in [0.15, 0.2) is 0 Å². The number of carbonyl (C=O) groups excluding carboxylic acids is 1. The predicted molar refractivity (Wildman–Crippen MR) is 62.7 cm³/mol. The highest BCUT2D eigenvalue weighted by Gasteiger charge is 2.37. The molecule has 0 saturated carbocycles. The van der Waals surface area contributed by atoms with Crippen molar-refractivity contribution < 1.29 is 4.79 Å². The molecule has 3 nitrogen and oxygen atoms in total. The van der Waals surface area contributed by atoms with Crippen molar-refractivity contribution in [1.82, 2.24) is 10.6 Å². The molecule has 1 fully saturated rings. The molecule has 1 rings (SSSR count). The van der Waals surface area contributed by atoms with Gasteiger partial charge in [0, 0.05) is 6.54 Å². The van der Waals surface area contributed by atoms with Crippen LogP contribution in [0.25, 0.3) is 0 Å². The molecule has 0 aromatic heterocycles. The molecule has 2 N–H and O–H groups in total. The first-order valence-electron chi connectivity index (χ1n) is 5.85. The van der Waals surface area contributed by atoms with Crippen LogP contribution in [-0.4, -0.2) is 25.5 Å². The van der Waals surface area contributed by atoms with Crippen molar-refractivity contribution >= 4 is 5.91 Å². The normalized spacial score (nSPS) is 19.5. The number of rotatable bonds is 5. The number of amides is 1. The van der Waals surface area contributed by atoms with Gasteiger partial charge in [-0.3, -0.25) is 4.79 Å². The summed E-state index contributed by atoms with van der Waals surface area (Å²) in [5, 5.41) is 6.31. The second kappa shape index (κ2) is 5.91. The van der Waals surface area contributed by atoms with E-state index in [1.807, 2.05) is 6.08 Å². The Bertz CT molecular complexity index is 220. The molecule has 1 saturated heterocycles. The molecular formula is C12H22N2O. The summed E-state index contributed by atoms with van der Waals surface area (Å²) in [7, 11) is 0. The fourth-order valence-corrected chi connectivity index (χ4v) is 2.12. The molecule has 15 heavy (non-hydrogen) atoms. The summed E-state index contributed by atoms with van der Waals surface area (Å²) < 4.78 is 0. The standard InChI is InChI=1S/C12H22N2O/c1-3-5-8-14-11(15)12(4-2)6-9-13-10-7-12/h3,13H,1,4-10H2,2H3,(H,14,15). The maximum atomic E-state index is 12.1. The maximum Gasteiger partial charge on any atom is 0.226 e. The van der Waals surface area contributed by atoms with E-state index in [4.69, 9.17) is 0 Å². The molecule has 1 amide bonds. The van der Waals surface area contributed by atoms with E-state index in [-0.39, 0.29) is 11.3 Å². The Morgan fingerprint density at radius 1 is 1.53 bits per heavy atom. The lowest BCUT2D eigenvalue weighted by Gasteiger charge is -2.35. The molecule has 0 bridgehead atoms. The highest BCUT2D eigenvalue weighted by atomic mass is 16.2. The fourth-order valence-electron chi connectivity index (χ4n) is 2.12. The summed E-state index contributed by atoms with van der Waals surface area (Å²) >= 11 is 0. The van der Waals surface area contributed by atoms with Crippen LogP contribution >= 0.6 is 0 Å². The Balaban J connectivity index is 2.48. The molecule has 0 aromatic carbocycles. The molecule has 0 spiro atoms. The third kappa shape index (κ3) is 3.06. The van der Waals surface area contributed by atoms with Crippen molar-refractivity contribution in [1.29, 1.82) is 0 Å². The van der Waals surface area contributed by atoms with Gasteiger partial charge >= 0.3 is 0 Å². The van der Waals surface area contributed by atoms with Gasteiger partial charge in [0.05, 0.1) is 5.41 Å². The SMILES string of the molecule is C=CCCNC(=O)C1(CC)CCNCC1. The Kier molecular flexibility index (Phi) is 4.82. The van der Waals surface area contributed by atoms with E-state index < -0.39 is 0 Å². The number of nitrogens with one attached hydrogen (secondary N) is 2. The summed E-state index contributed by atoms with van der Waals surface area (Å²) in [4.78, 5) is 12.1. The van der Waals surface area contributed by atoms with Crippen LogP contribution < -0.4 is 10.6 Å². The summed E-state index contributed by atoms with van der Waals surface area (Å²) in [6.07, 6.45) is 5.55. The molecular weight excluding hydrogens is 188 g/mol. The Hall–Kier alpha value is -0.830. The van der Waals surface area contributed by atoms with Crippen molar-refractivity contribution in [3.8, 4) is 0 Å². The van der Waals surface area contributed by atoms with Crippen LogP contribution in [0.3, 0.4) is 0 Å². The largest absolute Gasteiger partial charge is 0.355 e. The van der Waals surface area contributed by atoms with E-state index in [2.05, 4.69) is 24.1 Å². The van der Waals surface area contributed by atoms with Crippen LogP contribution in [0, 0.1) is 5.41 Å². The van der Waals surface area contributed by atoms with Gasteiger partial charge in [-0.05, 0) is 38.8 Å². The van der Waals surface area contributed by atoms with Crippen molar-refractivity contribution in [2.24, 2.45) is 5.41 Å². The highest BCUT2D eigenvalue weighted by Crippen LogP contribution is 2.32. The highest BCUT2D eigenvalue weighted by molar-refractivity contribution is 5.82. The van der Waals surface area contributed by atoms with Gasteiger partial charge in [0.25, 0.3) is 0 Å². The lowest BCUT2D eigenvalue weighted by molar-refractivity contribution is -0.132. The summed E-state index contributed by atoms with van der Waals surface area (Å²) in [5.74, 6) is 0.230. The smallest absolute Gasteiger partial charge is 0.226 e.